The van der Waals surface area contributed by atoms with Gasteiger partial charge >= 0.3 is 0 Å². The van der Waals surface area contributed by atoms with E-state index in [1.54, 1.807) is 19.2 Å². The maximum atomic E-state index is 12.5. The van der Waals surface area contributed by atoms with Crippen LogP contribution in [0, 0.1) is 5.41 Å². The number of rotatable bonds is 8. The summed E-state index contributed by atoms with van der Waals surface area (Å²) in [5.41, 5.74) is -0.550. The van der Waals surface area contributed by atoms with Crippen molar-refractivity contribution in [1.29, 1.82) is 0 Å². The quantitative estimate of drug-likeness (QED) is 0.543. The van der Waals surface area contributed by atoms with Crippen LogP contribution in [0.5, 0.6) is 0 Å². The molecule has 0 aromatic heterocycles. The third-order valence-corrected chi connectivity index (χ3v) is 5.97. The van der Waals surface area contributed by atoms with Crippen molar-refractivity contribution in [3.63, 3.8) is 0 Å². The normalized spacial score (nSPS) is 16.5. The van der Waals surface area contributed by atoms with Gasteiger partial charge in [-0.15, -0.1) is 12.4 Å². The lowest BCUT2D eigenvalue weighted by molar-refractivity contribution is -0.136. The van der Waals surface area contributed by atoms with Gasteiger partial charge in [0, 0.05) is 25.2 Å². The van der Waals surface area contributed by atoms with Crippen molar-refractivity contribution in [3.8, 4) is 0 Å². The SMILES string of the molecule is COCC1(C(=O)NCCNS(=O)(=O)c2cccc(Cl)c2)CCNCC1.Cl. The van der Waals surface area contributed by atoms with Crippen LogP contribution < -0.4 is 15.4 Å². The van der Waals surface area contributed by atoms with Crippen LogP contribution in [0.2, 0.25) is 5.02 Å². The van der Waals surface area contributed by atoms with Crippen molar-refractivity contribution in [1.82, 2.24) is 15.4 Å². The van der Waals surface area contributed by atoms with Crippen LogP contribution in [0.25, 0.3) is 0 Å². The molecule has 0 atom stereocenters. The van der Waals surface area contributed by atoms with Gasteiger partial charge in [-0.2, -0.15) is 0 Å². The molecule has 1 heterocycles. The van der Waals surface area contributed by atoms with E-state index in [1.165, 1.54) is 12.1 Å². The van der Waals surface area contributed by atoms with E-state index in [0.717, 1.165) is 13.1 Å². The molecule has 0 unspecified atom stereocenters. The molecule has 148 valence electrons. The fraction of sp³-hybridized carbons (Fsp3) is 0.562. The van der Waals surface area contributed by atoms with E-state index >= 15 is 0 Å². The Morgan fingerprint density at radius 2 is 2.00 bits per heavy atom. The first-order valence-corrected chi connectivity index (χ1v) is 9.99. The average molecular weight is 426 g/mol. The molecule has 1 aliphatic heterocycles. The fourth-order valence-corrected chi connectivity index (χ4v) is 4.22. The predicted octanol–water partition coefficient (Wildman–Crippen LogP) is 1.17. The molecule has 1 saturated heterocycles. The zero-order valence-corrected chi connectivity index (χ0v) is 17.0. The van der Waals surface area contributed by atoms with Crippen molar-refractivity contribution < 1.29 is 17.9 Å². The van der Waals surface area contributed by atoms with Crippen LogP contribution in [0.4, 0.5) is 0 Å². The number of amides is 1. The number of sulfonamides is 1. The largest absolute Gasteiger partial charge is 0.384 e. The molecule has 1 aromatic rings. The third-order valence-electron chi connectivity index (χ3n) is 4.27. The van der Waals surface area contributed by atoms with E-state index in [4.69, 9.17) is 16.3 Å². The highest BCUT2D eigenvalue weighted by molar-refractivity contribution is 7.89. The Morgan fingerprint density at radius 1 is 1.31 bits per heavy atom. The number of hydrogen-bond donors (Lipinski definition) is 3. The van der Waals surface area contributed by atoms with Crippen LogP contribution in [0.1, 0.15) is 12.8 Å². The first kappa shape index (κ1) is 23.1. The van der Waals surface area contributed by atoms with Crippen LogP contribution in [-0.4, -0.2) is 54.2 Å². The van der Waals surface area contributed by atoms with Crippen LogP contribution in [0.15, 0.2) is 29.2 Å². The number of methoxy groups -OCH3 is 1. The fourth-order valence-electron chi connectivity index (χ4n) is 2.88. The lowest BCUT2D eigenvalue weighted by Crippen LogP contribution is -2.51. The summed E-state index contributed by atoms with van der Waals surface area (Å²) < 4.78 is 32.1. The van der Waals surface area contributed by atoms with Crippen LogP contribution in [0.3, 0.4) is 0 Å². The molecular weight excluding hydrogens is 401 g/mol. The maximum Gasteiger partial charge on any atom is 0.240 e. The minimum absolute atomic E-state index is 0. The molecule has 0 spiro atoms. The summed E-state index contributed by atoms with van der Waals surface area (Å²) in [6.45, 7) is 2.19. The number of ether oxygens (including phenoxy) is 1. The molecule has 3 N–H and O–H groups in total. The smallest absolute Gasteiger partial charge is 0.240 e. The predicted molar refractivity (Wildman–Crippen MR) is 103 cm³/mol. The summed E-state index contributed by atoms with van der Waals surface area (Å²) >= 11 is 5.82. The Morgan fingerprint density at radius 3 is 2.62 bits per heavy atom. The van der Waals surface area contributed by atoms with E-state index in [1.807, 2.05) is 0 Å². The van der Waals surface area contributed by atoms with Crippen molar-refractivity contribution in [3.05, 3.63) is 29.3 Å². The molecule has 0 bridgehead atoms. The van der Waals surface area contributed by atoms with Crippen molar-refractivity contribution in [2.75, 3.05) is 39.9 Å². The van der Waals surface area contributed by atoms with Gasteiger partial charge in [-0.3, -0.25) is 4.79 Å². The number of carbonyl (C=O) groups is 1. The zero-order valence-electron chi connectivity index (χ0n) is 14.6. The van der Waals surface area contributed by atoms with Gasteiger partial charge in [0.2, 0.25) is 15.9 Å². The molecule has 1 amide bonds. The van der Waals surface area contributed by atoms with E-state index in [2.05, 4.69) is 15.4 Å². The lowest BCUT2D eigenvalue weighted by Gasteiger charge is -2.35. The highest BCUT2D eigenvalue weighted by Gasteiger charge is 2.39. The molecule has 1 aromatic carbocycles. The Balaban J connectivity index is 0.00000338. The Kier molecular flexibility index (Phi) is 9.29. The summed E-state index contributed by atoms with van der Waals surface area (Å²) in [6.07, 6.45) is 1.39. The van der Waals surface area contributed by atoms with E-state index < -0.39 is 15.4 Å². The Hall–Kier alpha value is -0.900. The van der Waals surface area contributed by atoms with Gasteiger partial charge in [0.15, 0.2) is 0 Å². The van der Waals surface area contributed by atoms with Crippen molar-refractivity contribution in [2.45, 2.75) is 17.7 Å². The maximum absolute atomic E-state index is 12.5. The van der Waals surface area contributed by atoms with Gasteiger partial charge in [0.05, 0.1) is 16.9 Å². The van der Waals surface area contributed by atoms with Crippen LogP contribution >= 0.6 is 24.0 Å². The molecule has 1 fully saturated rings. The molecule has 2 rings (SSSR count). The van der Waals surface area contributed by atoms with Gasteiger partial charge in [-0.05, 0) is 44.1 Å². The number of piperidine rings is 1. The molecule has 0 aliphatic carbocycles. The molecule has 1 aliphatic rings. The lowest BCUT2D eigenvalue weighted by atomic mass is 9.78. The number of halogens is 2. The van der Waals surface area contributed by atoms with Gasteiger partial charge in [0.1, 0.15) is 0 Å². The number of benzene rings is 1. The zero-order chi connectivity index (χ0) is 18.3. The van der Waals surface area contributed by atoms with Crippen molar-refractivity contribution in [2.24, 2.45) is 5.41 Å². The second-order valence-electron chi connectivity index (χ2n) is 6.07. The second-order valence-corrected chi connectivity index (χ2v) is 8.28. The first-order chi connectivity index (χ1) is 11.9. The van der Waals surface area contributed by atoms with Crippen molar-refractivity contribution >= 4 is 39.9 Å². The Labute approximate surface area is 165 Å². The second kappa shape index (κ2) is 10.4. The summed E-state index contributed by atoms with van der Waals surface area (Å²) in [5, 5.41) is 6.39. The van der Waals surface area contributed by atoms with E-state index in [9.17, 15) is 13.2 Å². The molecule has 26 heavy (non-hydrogen) atoms. The standard InChI is InChI=1S/C16H24ClN3O4S.ClH/c1-24-12-16(5-7-18-8-6-16)15(21)19-9-10-20-25(22,23)14-4-2-3-13(17)11-14;/h2-4,11,18,20H,5-10,12H2,1H3,(H,19,21);1H. The molecule has 7 nitrogen and oxygen atoms in total. The molecule has 0 radical (unpaired) electrons. The number of hydrogen-bond acceptors (Lipinski definition) is 5. The summed E-state index contributed by atoms with van der Waals surface area (Å²) in [7, 11) is -2.07. The topological polar surface area (TPSA) is 96.5 Å². The van der Waals surface area contributed by atoms with Gasteiger partial charge < -0.3 is 15.4 Å². The summed E-state index contributed by atoms with van der Waals surface area (Å²) in [4.78, 5) is 12.6. The number of nitrogens with one attached hydrogen (secondary N) is 3. The molecule has 0 saturated carbocycles. The van der Waals surface area contributed by atoms with E-state index in [-0.39, 0.29) is 36.3 Å². The van der Waals surface area contributed by atoms with Gasteiger partial charge in [0.25, 0.3) is 0 Å². The molecule has 10 heteroatoms. The molecular formula is C16H25Cl2N3O4S. The monoisotopic (exact) mass is 425 g/mol. The van der Waals surface area contributed by atoms with E-state index in [0.29, 0.717) is 24.5 Å². The Bertz CT molecular complexity index is 689. The highest BCUT2D eigenvalue weighted by atomic mass is 35.5. The van der Waals surface area contributed by atoms with Gasteiger partial charge in [-0.25, -0.2) is 13.1 Å². The first-order valence-electron chi connectivity index (χ1n) is 8.13. The summed E-state index contributed by atoms with van der Waals surface area (Å²) in [5.74, 6) is -0.0993. The third kappa shape index (κ3) is 6.07. The van der Waals surface area contributed by atoms with Gasteiger partial charge in [-0.1, -0.05) is 17.7 Å². The highest BCUT2D eigenvalue weighted by Crippen LogP contribution is 2.29. The van der Waals surface area contributed by atoms with Crippen LogP contribution in [-0.2, 0) is 19.6 Å². The summed E-state index contributed by atoms with van der Waals surface area (Å²) in [6, 6.07) is 6.03. The minimum atomic E-state index is -3.65. The number of carbonyl (C=O) groups excluding carboxylic acids is 1. The minimum Gasteiger partial charge on any atom is -0.384 e. The average Bonchev–Trinajstić information content (AvgIpc) is 2.59.